The fourth-order valence-corrected chi connectivity index (χ4v) is 8.77. The highest BCUT2D eigenvalue weighted by atomic mass is 16.3. The van der Waals surface area contributed by atoms with Crippen molar-refractivity contribution in [1.29, 1.82) is 0 Å². The van der Waals surface area contributed by atoms with Crippen LogP contribution in [-0.4, -0.2) is 39.1 Å². The second kappa shape index (κ2) is 28.2. The number of phenols is 2. The van der Waals surface area contributed by atoms with Gasteiger partial charge in [0.1, 0.15) is 11.5 Å². The first-order valence-electron chi connectivity index (χ1n) is 27.5. The zero-order chi connectivity index (χ0) is 59.7. The number of aromatic hydroxyl groups is 2. The summed E-state index contributed by atoms with van der Waals surface area (Å²) in [5.74, 6) is 0.551. The lowest BCUT2D eigenvalue weighted by molar-refractivity contribution is 0.102. The predicted molar refractivity (Wildman–Crippen MR) is 338 cm³/mol. The smallest absolute Gasteiger partial charge is 0.193 e. The lowest BCUT2D eigenvalue weighted by Crippen LogP contribution is -2.04. The van der Waals surface area contributed by atoms with Crippen LogP contribution in [0.2, 0.25) is 0 Å². The van der Waals surface area contributed by atoms with Crippen molar-refractivity contribution in [2.75, 3.05) is 0 Å². The molecule has 11 aromatic rings. The Bertz CT molecular complexity index is 3730. The summed E-state index contributed by atoms with van der Waals surface area (Å²) in [5, 5.41) is 18.2. The summed E-state index contributed by atoms with van der Waals surface area (Å²) in [7, 11) is 0. The SMILES string of the molecule is Cc1ccc(C(=O)c2ccc(-c3ccc(C(=O)c4ccc(C)cc4)cc3)cc2)cc1.Cc1ccc(C(=O)c2ccc(C(=O)c3ccc(C)cc3)cc2)cc1.Cc1ccc(C(=O)c2ccc(C)cc2)cc1.Oc1ccc(-c2ccc(O)cc2)cc1. The van der Waals surface area contributed by atoms with Gasteiger partial charge in [0.25, 0.3) is 0 Å². The highest BCUT2D eigenvalue weighted by Gasteiger charge is 2.15. The quantitative estimate of drug-likeness (QED) is 0.117. The average Bonchev–Trinajstić information content (AvgIpc) is 3.60. The number of hydrogen-bond acceptors (Lipinski definition) is 7. The lowest BCUT2D eigenvalue weighted by atomic mass is 9.97. The van der Waals surface area contributed by atoms with Crippen LogP contribution >= 0.6 is 0 Å². The van der Waals surface area contributed by atoms with Gasteiger partial charge < -0.3 is 10.2 Å². The Morgan fingerprint density at radius 3 is 0.429 bits per heavy atom. The normalized spacial score (nSPS) is 10.4. The third-order valence-electron chi connectivity index (χ3n) is 14.0. The second-order valence-corrected chi connectivity index (χ2v) is 20.7. The number of phenolic OH excluding ortho intramolecular Hbond substituents is 2. The number of carbonyl (C=O) groups is 5. The van der Waals surface area contributed by atoms with E-state index in [1.54, 1.807) is 48.5 Å². The summed E-state index contributed by atoms with van der Waals surface area (Å²) >= 11 is 0. The van der Waals surface area contributed by atoms with E-state index in [0.717, 1.165) is 55.6 Å². The fourth-order valence-electron chi connectivity index (χ4n) is 8.77. The summed E-state index contributed by atoms with van der Waals surface area (Å²) in [4.78, 5) is 62.3. The minimum absolute atomic E-state index is 0.0144. The number of rotatable bonds is 12. The van der Waals surface area contributed by atoms with Gasteiger partial charge in [-0.2, -0.15) is 0 Å². The maximum atomic E-state index is 12.6. The maximum absolute atomic E-state index is 12.6. The molecular weight excluding hydrogens is 1040 g/mol. The van der Waals surface area contributed by atoms with Crippen LogP contribution in [0, 0.1) is 41.5 Å². The topological polar surface area (TPSA) is 126 Å². The van der Waals surface area contributed by atoms with E-state index in [4.69, 9.17) is 10.2 Å². The Balaban J connectivity index is 0.000000153. The van der Waals surface area contributed by atoms with Gasteiger partial charge in [-0.05, 0) is 88.1 Å². The van der Waals surface area contributed by atoms with Crippen LogP contribution in [0.4, 0.5) is 0 Å². The first-order valence-corrected chi connectivity index (χ1v) is 27.5. The van der Waals surface area contributed by atoms with Crippen LogP contribution in [0.3, 0.4) is 0 Å². The molecule has 7 heteroatoms. The zero-order valence-corrected chi connectivity index (χ0v) is 47.8. The molecule has 0 aliphatic rings. The lowest BCUT2D eigenvalue weighted by Gasteiger charge is -2.07. The standard InChI is InChI=1S/C28H22O2.C22H18O2.C15H14O.C12H10O2/c1-19-3-7-23(8-4-19)27(29)25-15-11-21(12-16-25)22-13-17-26(18-14-22)28(30)24-9-5-20(2)6-10-24;1-15-3-7-17(8-4-15)21(23)19-11-13-20(14-12-19)22(24)18-9-5-16(2)6-10-18;1-11-3-7-13(8-4-11)15(16)14-9-5-12(2)6-10-14;13-11-5-1-9(2-6-11)10-3-7-12(14)8-4-10/h3-18H,1-2H3;3-14H,1-2H3;3-10H,1-2H3;1-8,13-14H. The van der Waals surface area contributed by atoms with Gasteiger partial charge in [0, 0.05) is 55.6 Å². The first-order chi connectivity index (χ1) is 40.5. The second-order valence-electron chi connectivity index (χ2n) is 20.7. The molecule has 414 valence electrons. The number of ketones is 5. The molecule has 0 aromatic heterocycles. The summed E-state index contributed by atoms with van der Waals surface area (Å²) < 4.78 is 0. The number of carbonyl (C=O) groups excluding carboxylic acids is 5. The van der Waals surface area contributed by atoms with Crippen LogP contribution in [0.1, 0.15) is 113 Å². The van der Waals surface area contributed by atoms with Crippen LogP contribution in [0.25, 0.3) is 22.3 Å². The molecule has 11 aromatic carbocycles. The van der Waals surface area contributed by atoms with Crippen LogP contribution < -0.4 is 0 Å². The zero-order valence-electron chi connectivity index (χ0n) is 47.8. The van der Waals surface area contributed by atoms with Gasteiger partial charge in [-0.1, -0.05) is 276 Å². The molecule has 0 aliphatic heterocycles. The molecule has 84 heavy (non-hydrogen) atoms. The first kappa shape index (κ1) is 59.5. The Hall–Kier alpha value is -10.6. The molecule has 11 rings (SSSR count). The molecule has 0 unspecified atom stereocenters. The van der Waals surface area contributed by atoms with Gasteiger partial charge in [0.05, 0.1) is 0 Å². The van der Waals surface area contributed by atoms with E-state index < -0.39 is 0 Å². The van der Waals surface area contributed by atoms with E-state index in [2.05, 4.69) is 0 Å². The summed E-state index contributed by atoms with van der Waals surface area (Å²) in [6, 6.07) is 81.4. The monoisotopic (exact) mass is 1100 g/mol. The Labute approximate surface area is 491 Å². The van der Waals surface area contributed by atoms with Crippen molar-refractivity contribution in [2.24, 2.45) is 0 Å². The molecule has 7 nitrogen and oxygen atoms in total. The van der Waals surface area contributed by atoms with Gasteiger partial charge in [-0.25, -0.2) is 0 Å². The molecule has 0 spiro atoms. The predicted octanol–water partition coefficient (Wildman–Crippen LogP) is 17.5. The van der Waals surface area contributed by atoms with Crippen molar-refractivity contribution >= 4 is 28.9 Å². The molecule has 0 radical (unpaired) electrons. The van der Waals surface area contributed by atoms with Gasteiger partial charge in [0.2, 0.25) is 0 Å². The Morgan fingerprint density at radius 1 is 0.179 bits per heavy atom. The third kappa shape index (κ3) is 16.3. The highest BCUT2D eigenvalue weighted by molar-refractivity contribution is 6.12. The van der Waals surface area contributed by atoms with Crippen LogP contribution in [0.15, 0.2) is 267 Å². The Kier molecular flexibility index (Phi) is 20.0. The van der Waals surface area contributed by atoms with E-state index in [0.29, 0.717) is 44.5 Å². The maximum Gasteiger partial charge on any atom is 0.193 e. The van der Waals surface area contributed by atoms with Gasteiger partial charge >= 0.3 is 0 Å². The average molecular weight is 1100 g/mol. The number of benzene rings is 11. The van der Waals surface area contributed by atoms with Crippen molar-refractivity contribution in [3.63, 3.8) is 0 Å². The largest absolute Gasteiger partial charge is 0.508 e. The molecule has 0 fully saturated rings. The third-order valence-corrected chi connectivity index (χ3v) is 14.0. The highest BCUT2D eigenvalue weighted by Crippen LogP contribution is 2.25. The molecule has 0 bridgehead atoms. The van der Waals surface area contributed by atoms with E-state index in [1.807, 2.05) is 260 Å². The van der Waals surface area contributed by atoms with E-state index in [-0.39, 0.29) is 40.4 Å². The van der Waals surface area contributed by atoms with Gasteiger partial charge in [0.15, 0.2) is 28.9 Å². The van der Waals surface area contributed by atoms with Crippen molar-refractivity contribution < 1.29 is 34.2 Å². The van der Waals surface area contributed by atoms with Crippen molar-refractivity contribution in [3.8, 4) is 33.8 Å². The number of hydrogen-bond donors (Lipinski definition) is 2. The minimum Gasteiger partial charge on any atom is -0.508 e. The van der Waals surface area contributed by atoms with E-state index in [1.165, 1.54) is 11.1 Å². The molecular formula is C77H64O7. The van der Waals surface area contributed by atoms with Crippen LogP contribution in [0.5, 0.6) is 11.5 Å². The molecule has 0 heterocycles. The minimum atomic E-state index is -0.0377. The fraction of sp³-hybridized carbons (Fsp3) is 0.0779. The van der Waals surface area contributed by atoms with Crippen molar-refractivity contribution in [2.45, 2.75) is 41.5 Å². The van der Waals surface area contributed by atoms with E-state index in [9.17, 15) is 24.0 Å². The molecule has 0 saturated heterocycles. The molecule has 0 aliphatic carbocycles. The van der Waals surface area contributed by atoms with Crippen molar-refractivity contribution in [3.05, 3.63) is 356 Å². The molecule has 0 saturated carbocycles. The number of aryl methyl sites for hydroxylation is 6. The van der Waals surface area contributed by atoms with Crippen molar-refractivity contribution in [1.82, 2.24) is 0 Å². The Morgan fingerprint density at radius 2 is 0.286 bits per heavy atom. The molecule has 0 amide bonds. The summed E-state index contributed by atoms with van der Waals surface area (Å²) in [6.07, 6.45) is 0. The van der Waals surface area contributed by atoms with Gasteiger partial charge in [-0.15, -0.1) is 0 Å². The summed E-state index contributed by atoms with van der Waals surface area (Å²) in [6.45, 7) is 12.0. The molecule has 0 atom stereocenters. The molecule has 2 N–H and O–H groups in total. The van der Waals surface area contributed by atoms with Crippen LogP contribution in [-0.2, 0) is 0 Å². The summed E-state index contributed by atoms with van der Waals surface area (Å²) in [5.41, 5.74) is 17.5. The van der Waals surface area contributed by atoms with Gasteiger partial charge in [-0.3, -0.25) is 24.0 Å². The van der Waals surface area contributed by atoms with E-state index >= 15 is 0 Å².